The Labute approximate surface area is 134 Å². The molecule has 0 aliphatic carbocycles. The molecule has 1 aromatic carbocycles. The molecule has 0 aromatic heterocycles. The van der Waals surface area contributed by atoms with Gasteiger partial charge in [0.1, 0.15) is 6.42 Å². The van der Waals surface area contributed by atoms with Crippen molar-refractivity contribution >= 4 is 11.8 Å². The highest BCUT2D eigenvalue weighted by Crippen LogP contribution is 2.34. The van der Waals surface area contributed by atoms with Crippen LogP contribution in [0.5, 0.6) is 0 Å². The van der Waals surface area contributed by atoms with Crippen molar-refractivity contribution < 1.29 is 14.3 Å². The lowest BCUT2D eigenvalue weighted by molar-refractivity contribution is -0.139. The monoisotopic (exact) mass is 304 g/mol. The first-order chi connectivity index (χ1) is 10.3. The number of unbranched alkanes of at least 4 members (excludes halogenated alkanes) is 1. The Morgan fingerprint density at radius 2 is 1.77 bits per heavy atom. The summed E-state index contributed by atoms with van der Waals surface area (Å²) in [5.74, 6) is -0.123. The number of esters is 1. The molecule has 1 unspecified atom stereocenters. The average Bonchev–Trinajstić information content (AvgIpc) is 2.52. The molecule has 0 aliphatic heterocycles. The zero-order valence-corrected chi connectivity index (χ0v) is 14.4. The quantitative estimate of drug-likeness (QED) is 0.402. The standard InChI is InChI=1S/C19H28O3/c1-6-7-8-14(2)19(3,4)16-11-9-15(10-12-16)17(20)13-18(21)22-5/h9-12,14H,6-8,13H2,1-5H3. The summed E-state index contributed by atoms with van der Waals surface area (Å²) < 4.78 is 4.53. The molecule has 0 spiro atoms. The third-order valence-electron chi connectivity index (χ3n) is 4.71. The number of hydrogen-bond donors (Lipinski definition) is 0. The van der Waals surface area contributed by atoms with Crippen molar-refractivity contribution in [1.29, 1.82) is 0 Å². The Morgan fingerprint density at radius 1 is 1.18 bits per heavy atom. The minimum absolute atomic E-state index is 0.0685. The van der Waals surface area contributed by atoms with Gasteiger partial charge in [0.2, 0.25) is 0 Å². The minimum Gasteiger partial charge on any atom is -0.469 e. The number of ether oxygens (including phenoxy) is 1. The Bertz CT molecular complexity index is 500. The van der Waals surface area contributed by atoms with E-state index in [1.54, 1.807) is 0 Å². The van der Waals surface area contributed by atoms with Gasteiger partial charge in [-0.3, -0.25) is 9.59 Å². The van der Waals surface area contributed by atoms with Crippen LogP contribution >= 0.6 is 0 Å². The van der Waals surface area contributed by atoms with Crippen molar-refractivity contribution in [2.45, 2.75) is 58.8 Å². The van der Waals surface area contributed by atoms with Gasteiger partial charge >= 0.3 is 5.97 Å². The number of rotatable bonds is 8. The van der Waals surface area contributed by atoms with Gasteiger partial charge in [-0.1, -0.05) is 64.8 Å². The van der Waals surface area contributed by atoms with E-state index in [4.69, 9.17) is 0 Å². The molecule has 3 nitrogen and oxygen atoms in total. The van der Waals surface area contributed by atoms with Gasteiger partial charge in [0.15, 0.2) is 5.78 Å². The fourth-order valence-electron chi connectivity index (χ4n) is 2.55. The minimum atomic E-state index is -0.498. The molecule has 0 saturated heterocycles. The molecule has 0 fully saturated rings. The fourth-order valence-corrected chi connectivity index (χ4v) is 2.55. The van der Waals surface area contributed by atoms with Crippen molar-refractivity contribution in [2.24, 2.45) is 5.92 Å². The van der Waals surface area contributed by atoms with Gasteiger partial charge in [-0.2, -0.15) is 0 Å². The maximum atomic E-state index is 11.9. The Kier molecular flexibility index (Phi) is 6.79. The zero-order valence-electron chi connectivity index (χ0n) is 14.4. The summed E-state index contributed by atoms with van der Waals surface area (Å²) in [7, 11) is 1.29. The highest BCUT2D eigenvalue weighted by Gasteiger charge is 2.27. The van der Waals surface area contributed by atoms with Crippen molar-refractivity contribution in [1.82, 2.24) is 0 Å². The molecule has 122 valence electrons. The number of Topliss-reactive ketones (excluding diaryl/α,β-unsaturated/α-hetero) is 1. The summed E-state index contributed by atoms with van der Waals surface area (Å²) in [6.07, 6.45) is 3.44. The summed E-state index contributed by atoms with van der Waals surface area (Å²) in [6.45, 7) is 8.99. The molecular weight excluding hydrogens is 276 g/mol. The van der Waals surface area contributed by atoms with E-state index in [0.29, 0.717) is 11.5 Å². The van der Waals surface area contributed by atoms with Gasteiger partial charge in [-0.05, 0) is 23.3 Å². The second kappa shape index (κ2) is 8.11. The van der Waals surface area contributed by atoms with Crippen molar-refractivity contribution in [3.63, 3.8) is 0 Å². The third-order valence-corrected chi connectivity index (χ3v) is 4.71. The lowest BCUT2D eigenvalue weighted by Crippen LogP contribution is -2.26. The Hall–Kier alpha value is -1.64. The number of methoxy groups -OCH3 is 1. The highest BCUT2D eigenvalue weighted by molar-refractivity contribution is 6.05. The maximum absolute atomic E-state index is 11.9. The second-order valence-electron chi connectivity index (χ2n) is 6.52. The predicted octanol–water partition coefficient (Wildman–Crippen LogP) is 4.54. The number of hydrogen-bond acceptors (Lipinski definition) is 3. The van der Waals surface area contributed by atoms with Gasteiger partial charge in [-0.25, -0.2) is 0 Å². The lowest BCUT2D eigenvalue weighted by atomic mass is 9.72. The predicted molar refractivity (Wildman–Crippen MR) is 89.1 cm³/mol. The SMILES string of the molecule is CCCCC(C)C(C)(C)c1ccc(C(=O)CC(=O)OC)cc1. The van der Waals surface area contributed by atoms with Crippen LogP contribution in [0.4, 0.5) is 0 Å². The normalized spacial score (nSPS) is 12.8. The van der Waals surface area contributed by atoms with E-state index in [9.17, 15) is 9.59 Å². The van der Waals surface area contributed by atoms with E-state index in [0.717, 1.165) is 0 Å². The van der Waals surface area contributed by atoms with Crippen LogP contribution in [0.3, 0.4) is 0 Å². The van der Waals surface area contributed by atoms with Gasteiger partial charge in [0.25, 0.3) is 0 Å². The van der Waals surface area contributed by atoms with E-state index >= 15 is 0 Å². The van der Waals surface area contributed by atoms with Gasteiger partial charge < -0.3 is 4.74 Å². The molecule has 0 saturated carbocycles. The van der Waals surface area contributed by atoms with Gasteiger partial charge in [0.05, 0.1) is 7.11 Å². The smallest absolute Gasteiger partial charge is 0.313 e. The molecule has 0 bridgehead atoms. The van der Waals surface area contributed by atoms with Crippen LogP contribution in [0.25, 0.3) is 0 Å². The number of carbonyl (C=O) groups is 2. The lowest BCUT2D eigenvalue weighted by Gasteiger charge is -2.32. The van der Waals surface area contributed by atoms with Crippen molar-refractivity contribution in [3.05, 3.63) is 35.4 Å². The molecule has 3 heteroatoms. The average molecular weight is 304 g/mol. The summed E-state index contributed by atoms with van der Waals surface area (Å²) in [6, 6.07) is 7.64. The Morgan fingerprint density at radius 3 is 2.27 bits per heavy atom. The summed E-state index contributed by atoms with van der Waals surface area (Å²) in [5, 5.41) is 0. The first-order valence-corrected chi connectivity index (χ1v) is 8.03. The van der Waals surface area contributed by atoms with E-state index in [-0.39, 0.29) is 17.6 Å². The molecule has 1 atom stereocenters. The van der Waals surface area contributed by atoms with E-state index in [1.165, 1.54) is 31.9 Å². The van der Waals surface area contributed by atoms with Crippen LogP contribution in [0.2, 0.25) is 0 Å². The highest BCUT2D eigenvalue weighted by atomic mass is 16.5. The Balaban J connectivity index is 2.83. The van der Waals surface area contributed by atoms with E-state index < -0.39 is 5.97 Å². The van der Waals surface area contributed by atoms with Crippen LogP contribution in [0, 0.1) is 5.92 Å². The number of carbonyl (C=O) groups excluding carboxylic acids is 2. The van der Waals surface area contributed by atoms with Crippen molar-refractivity contribution in [2.75, 3.05) is 7.11 Å². The van der Waals surface area contributed by atoms with Crippen LogP contribution in [-0.2, 0) is 14.9 Å². The molecule has 0 amide bonds. The summed E-state index contributed by atoms with van der Waals surface area (Å²) >= 11 is 0. The molecule has 1 rings (SSSR count). The first-order valence-electron chi connectivity index (χ1n) is 8.03. The molecular formula is C19H28O3. The largest absolute Gasteiger partial charge is 0.469 e. The van der Waals surface area contributed by atoms with Gasteiger partial charge in [0, 0.05) is 5.56 Å². The topological polar surface area (TPSA) is 43.4 Å². The summed E-state index contributed by atoms with van der Waals surface area (Å²) in [5.41, 5.74) is 1.86. The van der Waals surface area contributed by atoms with Crippen LogP contribution in [0.15, 0.2) is 24.3 Å². The maximum Gasteiger partial charge on any atom is 0.313 e. The summed E-state index contributed by atoms with van der Waals surface area (Å²) in [4.78, 5) is 23.1. The van der Waals surface area contributed by atoms with E-state index in [1.807, 2.05) is 24.3 Å². The first kappa shape index (κ1) is 18.4. The number of benzene rings is 1. The molecule has 0 aliphatic rings. The van der Waals surface area contributed by atoms with Crippen LogP contribution < -0.4 is 0 Å². The zero-order chi connectivity index (χ0) is 16.8. The number of ketones is 1. The van der Waals surface area contributed by atoms with Gasteiger partial charge in [-0.15, -0.1) is 0 Å². The fraction of sp³-hybridized carbons (Fsp3) is 0.579. The third kappa shape index (κ3) is 4.69. The molecule has 0 N–H and O–H groups in total. The molecule has 0 heterocycles. The molecule has 22 heavy (non-hydrogen) atoms. The van der Waals surface area contributed by atoms with Crippen molar-refractivity contribution in [3.8, 4) is 0 Å². The van der Waals surface area contributed by atoms with E-state index in [2.05, 4.69) is 32.4 Å². The molecule has 1 aromatic rings. The second-order valence-corrected chi connectivity index (χ2v) is 6.52. The van der Waals surface area contributed by atoms with Crippen LogP contribution in [-0.4, -0.2) is 18.9 Å². The molecule has 0 radical (unpaired) electrons. The van der Waals surface area contributed by atoms with Crippen LogP contribution in [0.1, 0.15) is 69.3 Å².